The van der Waals surface area contributed by atoms with E-state index in [4.69, 9.17) is 0 Å². The predicted octanol–water partition coefficient (Wildman–Crippen LogP) is 2.75. The Kier molecular flexibility index (Phi) is 5.60. The highest BCUT2D eigenvalue weighted by Gasteiger charge is 2.51. The molecule has 0 radical (unpaired) electrons. The van der Waals surface area contributed by atoms with Crippen molar-refractivity contribution in [3.8, 4) is 0 Å². The summed E-state index contributed by atoms with van der Waals surface area (Å²) in [5.74, 6) is -1.19. The highest BCUT2D eigenvalue weighted by molar-refractivity contribution is 6.11. The van der Waals surface area contributed by atoms with E-state index in [0.717, 1.165) is 10.5 Å². The number of aryl methyl sites for hydroxylation is 1. The molecule has 1 aliphatic rings. The Morgan fingerprint density at radius 3 is 2.03 bits per heavy atom. The van der Waals surface area contributed by atoms with Gasteiger partial charge in [-0.3, -0.25) is 14.4 Å². The van der Waals surface area contributed by atoms with Gasteiger partial charge in [0.25, 0.3) is 5.91 Å². The molecule has 0 unspecified atom stereocenters. The molecule has 2 aromatic rings. The molecule has 1 fully saturated rings. The van der Waals surface area contributed by atoms with Crippen molar-refractivity contribution in [2.75, 3.05) is 10.6 Å². The van der Waals surface area contributed by atoms with Crippen molar-refractivity contribution in [2.45, 2.75) is 39.3 Å². The molecule has 1 aliphatic heterocycles. The maximum absolute atomic E-state index is 13.1. The zero-order chi connectivity index (χ0) is 22.1. The number of nitrogens with zero attached hydrogens (tertiary/aromatic N) is 1. The normalized spacial score (nSPS) is 19.3. The zero-order valence-electron chi connectivity index (χ0n) is 17.3. The maximum atomic E-state index is 13.1. The quantitative estimate of drug-likeness (QED) is 0.661. The Labute approximate surface area is 174 Å². The number of carbonyl (C=O) groups excluding carboxylic acids is 4. The molecule has 2 aromatic carbocycles. The Morgan fingerprint density at radius 1 is 0.967 bits per heavy atom. The number of amides is 5. The molecule has 1 saturated heterocycles. The van der Waals surface area contributed by atoms with Gasteiger partial charge < -0.3 is 16.0 Å². The number of hydrogen-bond acceptors (Lipinski definition) is 4. The number of benzene rings is 2. The van der Waals surface area contributed by atoms with E-state index in [2.05, 4.69) is 16.0 Å². The summed E-state index contributed by atoms with van der Waals surface area (Å²) in [5, 5.41) is 8.03. The minimum Gasteiger partial charge on any atom is -0.326 e. The summed E-state index contributed by atoms with van der Waals surface area (Å²) in [5.41, 5.74) is 1.52. The van der Waals surface area contributed by atoms with Gasteiger partial charge in [-0.15, -0.1) is 0 Å². The number of nitrogens with one attached hydrogen (secondary N) is 3. The fourth-order valence-corrected chi connectivity index (χ4v) is 3.30. The van der Waals surface area contributed by atoms with Gasteiger partial charge in [0.1, 0.15) is 11.6 Å². The van der Waals surface area contributed by atoms with E-state index in [1.165, 1.54) is 13.8 Å². The minimum atomic E-state index is -1.24. The second-order valence-corrected chi connectivity index (χ2v) is 7.52. The van der Waals surface area contributed by atoms with Crippen LogP contribution in [0.1, 0.15) is 31.9 Å². The average Bonchev–Trinajstić information content (AvgIpc) is 2.92. The first-order valence-corrected chi connectivity index (χ1v) is 9.53. The monoisotopic (exact) mass is 408 g/mol. The lowest BCUT2D eigenvalue weighted by molar-refractivity contribution is -0.136. The summed E-state index contributed by atoms with van der Waals surface area (Å²) in [6.07, 6.45) is 0. The summed E-state index contributed by atoms with van der Waals surface area (Å²) in [6, 6.07) is 12.2. The van der Waals surface area contributed by atoms with E-state index >= 15 is 0 Å². The largest absolute Gasteiger partial charge is 0.326 e. The van der Waals surface area contributed by atoms with Gasteiger partial charge in [0.15, 0.2) is 0 Å². The molecule has 30 heavy (non-hydrogen) atoms. The smallest absolute Gasteiger partial charge is 0.326 e. The average molecular weight is 408 g/mol. The molecule has 3 rings (SSSR count). The van der Waals surface area contributed by atoms with E-state index in [0.29, 0.717) is 16.9 Å². The molecule has 8 heteroatoms. The molecule has 5 amide bonds. The standard InChI is InChI=1S/C22H24N4O4/c1-13-5-7-16(8-6-13)22(4)20(29)26(21(30)25-22)14(2)19(28)24-18-11-9-17(10-12-18)23-15(3)27/h5-12,14H,1-4H3,(H,23,27)(H,24,28)(H,25,30)/t14-,22+/m1/s1. The van der Waals surface area contributed by atoms with Crippen LogP contribution in [-0.2, 0) is 19.9 Å². The summed E-state index contributed by atoms with van der Waals surface area (Å²) in [6.45, 7) is 6.46. The second-order valence-electron chi connectivity index (χ2n) is 7.52. The summed E-state index contributed by atoms with van der Waals surface area (Å²) < 4.78 is 0. The van der Waals surface area contributed by atoms with Crippen LogP contribution in [0.3, 0.4) is 0 Å². The Morgan fingerprint density at radius 2 is 1.50 bits per heavy atom. The van der Waals surface area contributed by atoms with Crippen molar-refractivity contribution < 1.29 is 19.2 Å². The van der Waals surface area contributed by atoms with E-state index in [1.54, 1.807) is 43.3 Å². The van der Waals surface area contributed by atoms with Crippen molar-refractivity contribution in [2.24, 2.45) is 0 Å². The molecular formula is C22H24N4O4. The van der Waals surface area contributed by atoms with E-state index in [1.807, 2.05) is 19.1 Å². The summed E-state index contributed by atoms with van der Waals surface area (Å²) >= 11 is 0. The zero-order valence-corrected chi connectivity index (χ0v) is 17.3. The van der Waals surface area contributed by atoms with Crippen LogP contribution in [0.25, 0.3) is 0 Å². The van der Waals surface area contributed by atoms with Crippen molar-refractivity contribution in [1.29, 1.82) is 0 Å². The lowest BCUT2D eigenvalue weighted by Gasteiger charge is -2.24. The Hall–Kier alpha value is -3.68. The molecule has 156 valence electrons. The maximum Gasteiger partial charge on any atom is 0.326 e. The molecule has 0 aromatic heterocycles. The van der Waals surface area contributed by atoms with Crippen molar-refractivity contribution in [1.82, 2.24) is 10.2 Å². The van der Waals surface area contributed by atoms with Crippen LogP contribution < -0.4 is 16.0 Å². The molecule has 0 saturated carbocycles. The third kappa shape index (κ3) is 4.03. The van der Waals surface area contributed by atoms with Crippen molar-refractivity contribution in [3.05, 3.63) is 59.7 Å². The number of carbonyl (C=O) groups is 4. The van der Waals surface area contributed by atoms with Crippen LogP contribution in [-0.4, -0.2) is 34.7 Å². The number of anilines is 2. The van der Waals surface area contributed by atoms with Gasteiger partial charge in [-0.1, -0.05) is 29.8 Å². The van der Waals surface area contributed by atoms with Crippen LogP contribution in [0.15, 0.2) is 48.5 Å². The van der Waals surface area contributed by atoms with Crippen LogP contribution >= 0.6 is 0 Å². The molecule has 0 spiro atoms. The number of urea groups is 1. The molecule has 1 heterocycles. The van der Waals surface area contributed by atoms with E-state index < -0.39 is 29.4 Å². The topological polar surface area (TPSA) is 108 Å². The van der Waals surface area contributed by atoms with Gasteiger partial charge in [-0.25, -0.2) is 9.69 Å². The van der Waals surface area contributed by atoms with Crippen molar-refractivity contribution in [3.63, 3.8) is 0 Å². The SMILES string of the molecule is CC(=O)Nc1ccc(NC(=O)[C@@H](C)N2C(=O)N[C@@](C)(c3ccc(C)cc3)C2=O)cc1. The number of imide groups is 1. The first kappa shape index (κ1) is 21.0. The van der Waals surface area contributed by atoms with Gasteiger partial charge in [-0.05, 0) is 50.6 Å². The highest BCUT2D eigenvalue weighted by atomic mass is 16.2. The van der Waals surface area contributed by atoms with Crippen LogP contribution in [0, 0.1) is 6.92 Å². The van der Waals surface area contributed by atoms with E-state index in [-0.39, 0.29) is 5.91 Å². The minimum absolute atomic E-state index is 0.199. The van der Waals surface area contributed by atoms with Gasteiger partial charge in [0, 0.05) is 18.3 Å². The van der Waals surface area contributed by atoms with Crippen LogP contribution in [0.2, 0.25) is 0 Å². The number of rotatable bonds is 5. The molecule has 2 atom stereocenters. The van der Waals surface area contributed by atoms with Gasteiger partial charge in [0.05, 0.1) is 0 Å². The molecule has 8 nitrogen and oxygen atoms in total. The molecule has 3 N–H and O–H groups in total. The lowest BCUT2D eigenvalue weighted by atomic mass is 9.91. The summed E-state index contributed by atoms with van der Waals surface area (Å²) in [7, 11) is 0. The first-order chi connectivity index (χ1) is 14.1. The van der Waals surface area contributed by atoms with Crippen LogP contribution in [0.4, 0.5) is 16.2 Å². The van der Waals surface area contributed by atoms with Gasteiger partial charge in [-0.2, -0.15) is 0 Å². The molecule has 0 aliphatic carbocycles. The van der Waals surface area contributed by atoms with Crippen LogP contribution in [0.5, 0.6) is 0 Å². The Balaban J connectivity index is 1.74. The van der Waals surface area contributed by atoms with Crippen molar-refractivity contribution >= 4 is 35.1 Å². The first-order valence-electron chi connectivity index (χ1n) is 9.53. The fraction of sp³-hybridized carbons (Fsp3) is 0.273. The van der Waals surface area contributed by atoms with Gasteiger partial charge in [0.2, 0.25) is 11.8 Å². The Bertz CT molecular complexity index is 1000. The fourth-order valence-electron chi connectivity index (χ4n) is 3.30. The molecule has 0 bridgehead atoms. The predicted molar refractivity (Wildman–Crippen MR) is 113 cm³/mol. The highest BCUT2D eigenvalue weighted by Crippen LogP contribution is 2.30. The third-order valence-electron chi connectivity index (χ3n) is 5.09. The lowest BCUT2D eigenvalue weighted by Crippen LogP contribution is -2.47. The second kappa shape index (κ2) is 7.98. The summed E-state index contributed by atoms with van der Waals surface area (Å²) in [4.78, 5) is 50.4. The third-order valence-corrected chi connectivity index (χ3v) is 5.09. The van der Waals surface area contributed by atoms with Gasteiger partial charge >= 0.3 is 6.03 Å². The number of hydrogen-bond donors (Lipinski definition) is 3. The molecular weight excluding hydrogens is 384 g/mol. The van der Waals surface area contributed by atoms with E-state index in [9.17, 15) is 19.2 Å².